The molecule has 0 fully saturated rings. The Bertz CT molecular complexity index is 748. The standard InChI is InChI=1S/C19H22ClNO4/c1-4-8-25-18-16(20)10-14(11-17(18)24-3)19(23)21(2)12-13-6-5-7-15(22)9-13/h5-7,9-11,22H,4,8,12H2,1-3H3. The SMILES string of the molecule is CCCOc1c(Cl)cc(C(=O)N(C)Cc2cccc(O)c2)cc1OC. The van der Waals surface area contributed by atoms with Crippen LogP contribution in [0.4, 0.5) is 0 Å². The number of halogens is 1. The zero-order valence-electron chi connectivity index (χ0n) is 14.6. The topological polar surface area (TPSA) is 59.0 Å². The Kier molecular flexibility index (Phi) is 6.53. The fraction of sp³-hybridized carbons (Fsp3) is 0.316. The van der Waals surface area contributed by atoms with E-state index in [0.717, 1.165) is 12.0 Å². The third-order valence-corrected chi connectivity index (χ3v) is 3.88. The summed E-state index contributed by atoms with van der Waals surface area (Å²) in [4.78, 5) is 14.2. The monoisotopic (exact) mass is 363 g/mol. The van der Waals surface area contributed by atoms with Gasteiger partial charge in [0.2, 0.25) is 0 Å². The minimum absolute atomic E-state index is 0.167. The van der Waals surface area contributed by atoms with E-state index in [1.807, 2.05) is 13.0 Å². The van der Waals surface area contributed by atoms with Crippen LogP contribution in [0.5, 0.6) is 17.2 Å². The van der Waals surface area contributed by atoms with Crippen LogP contribution in [0, 0.1) is 0 Å². The van der Waals surface area contributed by atoms with E-state index in [9.17, 15) is 9.90 Å². The first-order valence-corrected chi connectivity index (χ1v) is 8.37. The average Bonchev–Trinajstić information content (AvgIpc) is 2.59. The molecule has 25 heavy (non-hydrogen) atoms. The summed E-state index contributed by atoms with van der Waals surface area (Å²) in [6.45, 7) is 2.87. The summed E-state index contributed by atoms with van der Waals surface area (Å²) in [6.07, 6.45) is 0.840. The van der Waals surface area contributed by atoms with E-state index < -0.39 is 0 Å². The molecule has 1 N–H and O–H groups in total. The third-order valence-electron chi connectivity index (χ3n) is 3.60. The lowest BCUT2D eigenvalue weighted by molar-refractivity contribution is 0.0784. The van der Waals surface area contributed by atoms with Crippen molar-refractivity contribution in [2.45, 2.75) is 19.9 Å². The van der Waals surface area contributed by atoms with Crippen LogP contribution in [-0.2, 0) is 6.54 Å². The minimum Gasteiger partial charge on any atom is -0.508 e. The van der Waals surface area contributed by atoms with Gasteiger partial charge in [0.15, 0.2) is 11.5 Å². The van der Waals surface area contributed by atoms with Gasteiger partial charge in [-0.25, -0.2) is 0 Å². The first-order chi connectivity index (χ1) is 12.0. The predicted molar refractivity (Wildman–Crippen MR) is 97.7 cm³/mol. The number of carbonyl (C=O) groups is 1. The van der Waals surface area contributed by atoms with Crippen molar-refractivity contribution in [2.75, 3.05) is 20.8 Å². The molecule has 0 aromatic heterocycles. The quantitative estimate of drug-likeness (QED) is 0.804. The van der Waals surface area contributed by atoms with Crippen LogP contribution in [-0.4, -0.2) is 36.7 Å². The zero-order chi connectivity index (χ0) is 18.4. The van der Waals surface area contributed by atoms with Gasteiger partial charge in [-0.3, -0.25) is 4.79 Å². The molecule has 0 atom stereocenters. The van der Waals surface area contributed by atoms with Gasteiger partial charge in [0.1, 0.15) is 5.75 Å². The van der Waals surface area contributed by atoms with Crippen molar-refractivity contribution >= 4 is 17.5 Å². The molecule has 5 nitrogen and oxygen atoms in total. The van der Waals surface area contributed by atoms with Crippen molar-refractivity contribution in [3.05, 3.63) is 52.5 Å². The second-order valence-electron chi connectivity index (χ2n) is 5.67. The maximum Gasteiger partial charge on any atom is 0.254 e. The van der Waals surface area contributed by atoms with Crippen molar-refractivity contribution < 1.29 is 19.4 Å². The molecule has 0 saturated heterocycles. The van der Waals surface area contributed by atoms with E-state index >= 15 is 0 Å². The van der Waals surface area contributed by atoms with Gasteiger partial charge in [-0.15, -0.1) is 0 Å². The predicted octanol–water partition coefficient (Wildman–Crippen LogP) is 4.12. The summed E-state index contributed by atoms with van der Waals surface area (Å²) in [7, 11) is 3.20. The maximum absolute atomic E-state index is 12.7. The van der Waals surface area contributed by atoms with E-state index in [4.69, 9.17) is 21.1 Å². The fourth-order valence-corrected chi connectivity index (χ4v) is 2.67. The number of ether oxygens (including phenoxy) is 2. The molecular formula is C19H22ClNO4. The van der Waals surface area contributed by atoms with Gasteiger partial charge in [-0.1, -0.05) is 30.7 Å². The van der Waals surface area contributed by atoms with Crippen LogP contribution in [0.3, 0.4) is 0 Å². The Morgan fingerprint density at radius 3 is 2.68 bits per heavy atom. The highest BCUT2D eigenvalue weighted by Crippen LogP contribution is 2.36. The van der Waals surface area contributed by atoms with Crippen molar-refractivity contribution in [3.63, 3.8) is 0 Å². The van der Waals surface area contributed by atoms with Crippen LogP contribution in [0.25, 0.3) is 0 Å². The van der Waals surface area contributed by atoms with Gasteiger partial charge >= 0.3 is 0 Å². The Balaban J connectivity index is 2.21. The third kappa shape index (κ3) is 4.79. The first-order valence-electron chi connectivity index (χ1n) is 8.00. The Morgan fingerprint density at radius 2 is 2.04 bits per heavy atom. The molecule has 2 aromatic rings. The second-order valence-corrected chi connectivity index (χ2v) is 6.08. The normalized spacial score (nSPS) is 10.4. The molecule has 134 valence electrons. The average molecular weight is 364 g/mol. The van der Waals surface area contributed by atoms with Crippen LogP contribution >= 0.6 is 11.6 Å². The lowest BCUT2D eigenvalue weighted by Gasteiger charge is -2.19. The van der Waals surface area contributed by atoms with Gasteiger partial charge in [-0.05, 0) is 36.2 Å². The van der Waals surface area contributed by atoms with Crippen LogP contribution < -0.4 is 9.47 Å². The highest BCUT2D eigenvalue weighted by atomic mass is 35.5. The number of carbonyl (C=O) groups excluding carboxylic acids is 1. The summed E-state index contributed by atoms with van der Waals surface area (Å²) in [5.74, 6) is 0.833. The van der Waals surface area contributed by atoms with Gasteiger partial charge in [0, 0.05) is 19.2 Å². The molecule has 1 amide bonds. The van der Waals surface area contributed by atoms with Crippen LogP contribution in [0.15, 0.2) is 36.4 Å². The molecule has 0 unspecified atom stereocenters. The highest BCUT2D eigenvalue weighted by Gasteiger charge is 2.18. The Morgan fingerprint density at radius 1 is 1.28 bits per heavy atom. The summed E-state index contributed by atoms with van der Waals surface area (Å²) < 4.78 is 10.9. The summed E-state index contributed by atoms with van der Waals surface area (Å²) in [5, 5.41) is 9.87. The van der Waals surface area contributed by atoms with Crippen molar-refractivity contribution in [2.24, 2.45) is 0 Å². The molecule has 0 saturated carbocycles. The number of phenolic OH excluding ortho intramolecular Hbond substituents is 1. The molecule has 2 aromatic carbocycles. The Labute approximate surface area is 152 Å². The van der Waals surface area contributed by atoms with E-state index in [0.29, 0.717) is 35.2 Å². The van der Waals surface area contributed by atoms with E-state index in [1.54, 1.807) is 42.3 Å². The number of rotatable bonds is 7. The van der Waals surface area contributed by atoms with Crippen molar-refractivity contribution in [3.8, 4) is 17.2 Å². The number of hydrogen-bond donors (Lipinski definition) is 1. The number of amides is 1. The molecule has 0 aliphatic carbocycles. The van der Waals surface area contributed by atoms with Crippen molar-refractivity contribution in [1.82, 2.24) is 4.90 Å². The summed E-state index contributed by atoms with van der Waals surface area (Å²) in [5.41, 5.74) is 1.24. The molecule has 0 aliphatic rings. The molecule has 6 heteroatoms. The molecule has 2 rings (SSSR count). The number of phenols is 1. The van der Waals surface area contributed by atoms with Gasteiger partial charge in [0.25, 0.3) is 5.91 Å². The lowest BCUT2D eigenvalue weighted by atomic mass is 10.1. The van der Waals surface area contributed by atoms with E-state index in [-0.39, 0.29) is 11.7 Å². The number of methoxy groups -OCH3 is 1. The Hall–Kier alpha value is -2.40. The zero-order valence-corrected chi connectivity index (χ0v) is 15.3. The maximum atomic E-state index is 12.7. The number of nitrogens with zero attached hydrogens (tertiary/aromatic N) is 1. The molecule has 0 bridgehead atoms. The summed E-state index contributed by atoms with van der Waals surface area (Å²) in [6, 6.07) is 10.0. The van der Waals surface area contributed by atoms with Crippen molar-refractivity contribution in [1.29, 1.82) is 0 Å². The summed E-state index contributed by atoms with van der Waals surface area (Å²) >= 11 is 6.27. The van der Waals surface area contributed by atoms with E-state index in [1.165, 1.54) is 7.11 Å². The van der Waals surface area contributed by atoms with Gasteiger partial charge < -0.3 is 19.5 Å². The minimum atomic E-state index is -0.203. The highest BCUT2D eigenvalue weighted by molar-refractivity contribution is 6.32. The number of aromatic hydroxyl groups is 1. The first kappa shape index (κ1) is 18.9. The largest absolute Gasteiger partial charge is 0.508 e. The second kappa shape index (κ2) is 8.62. The van der Waals surface area contributed by atoms with Gasteiger partial charge in [0.05, 0.1) is 18.7 Å². The number of benzene rings is 2. The molecule has 0 radical (unpaired) electrons. The van der Waals surface area contributed by atoms with Crippen LogP contribution in [0.2, 0.25) is 5.02 Å². The lowest BCUT2D eigenvalue weighted by Crippen LogP contribution is -2.26. The molecule has 0 spiro atoms. The fourth-order valence-electron chi connectivity index (χ4n) is 2.41. The molecule has 0 heterocycles. The van der Waals surface area contributed by atoms with Gasteiger partial charge in [-0.2, -0.15) is 0 Å². The number of hydrogen-bond acceptors (Lipinski definition) is 4. The van der Waals surface area contributed by atoms with E-state index in [2.05, 4.69) is 0 Å². The smallest absolute Gasteiger partial charge is 0.254 e. The van der Waals surface area contributed by atoms with Crippen LogP contribution in [0.1, 0.15) is 29.3 Å². The molecular weight excluding hydrogens is 342 g/mol. The molecule has 0 aliphatic heterocycles.